The van der Waals surface area contributed by atoms with Crippen LogP contribution in [0.15, 0.2) is 12.7 Å². The summed E-state index contributed by atoms with van der Waals surface area (Å²) in [7, 11) is 0. The highest BCUT2D eigenvalue weighted by Crippen LogP contribution is 2.08. The number of carbonyl (C=O) groups excluding carboxylic acids is 1. The molecule has 4 atom stereocenters. The Morgan fingerprint density at radius 1 is 1.20 bits per heavy atom. The average molecular weight is 291 g/mol. The summed E-state index contributed by atoms with van der Waals surface area (Å²) in [4.78, 5) is 12.9. The van der Waals surface area contributed by atoms with E-state index in [1.807, 2.05) is 6.92 Å². The van der Waals surface area contributed by atoms with Crippen LogP contribution < -0.4 is 0 Å². The number of aliphatic hydroxyl groups excluding tert-OH is 5. The zero-order valence-electron chi connectivity index (χ0n) is 11.7. The molecule has 0 rings (SSSR count). The van der Waals surface area contributed by atoms with Gasteiger partial charge in [0.15, 0.2) is 0 Å². The van der Waals surface area contributed by atoms with E-state index in [9.17, 15) is 25.2 Å². The van der Waals surface area contributed by atoms with Gasteiger partial charge in [-0.3, -0.25) is 4.79 Å². The largest absolute Gasteiger partial charge is 0.394 e. The second kappa shape index (κ2) is 9.84. The van der Waals surface area contributed by atoms with Crippen LogP contribution >= 0.6 is 0 Å². The fourth-order valence-corrected chi connectivity index (χ4v) is 1.67. The molecule has 1 amide bonds. The van der Waals surface area contributed by atoms with Gasteiger partial charge < -0.3 is 30.4 Å². The van der Waals surface area contributed by atoms with Gasteiger partial charge in [0.1, 0.15) is 24.4 Å². The Bertz CT molecular complexity index is 299. The van der Waals surface area contributed by atoms with Crippen molar-refractivity contribution in [2.75, 3.05) is 19.7 Å². The summed E-state index contributed by atoms with van der Waals surface area (Å²) in [6, 6.07) is 0. The van der Waals surface area contributed by atoms with Gasteiger partial charge in [-0.2, -0.15) is 0 Å². The fourth-order valence-electron chi connectivity index (χ4n) is 1.67. The maximum Gasteiger partial charge on any atom is 0.246 e. The summed E-state index contributed by atoms with van der Waals surface area (Å²) in [6.45, 7) is 4.77. The van der Waals surface area contributed by atoms with Crippen LogP contribution in [0.2, 0.25) is 0 Å². The molecule has 0 saturated carbocycles. The highest BCUT2D eigenvalue weighted by Gasteiger charge is 2.31. The number of nitrogens with zero attached hydrogens (tertiary/aromatic N) is 1. The Morgan fingerprint density at radius 3 is 2.20 bits per heavy atom. The summed E-state index contributed by atoms with van der Waals surface area (Å²) in [5, 5.41) is 46.9. The van der Waals surface area contributed by atoms with E-state index >= 15 is 0 Å². The standard InChI is InChI=1S/C13H25NO6/c1-3-5-6-14(11(18)4-2)7-9(16)12(19)13(20)10(17)8-15/h4,9-10,12-13,15-17,19-20H,2-3,5-8H2,1H3/t9-,10+,12+,13-/m0/s1. The van der Waals surface area contributed by atoms with E-state index in [1.165, 1.54) is 4.90 Å². The van der Waals surface area contributed by atoms with Crippen molar-refractivity contribution in [3.63, 3.8) is 0 Å². The van der Waals surface area contributed by atoms with E-state index in [1.54, 1.807) is 0 Å². The molecule has 7 nitrogen and oxygen atoms in total. The third-order valence-corrected chi connectivity index (χ3v) is 3.00. The van der Waals surface area contributed by atoms with E-state index in [0.717, 1.165) is 18.9 Å². The second-order valence-electron chi connectivity index (χ2n) is 4.64. The molecule has 0 aromatic carbocycles. The molecule has 0 bridgehead atoms. The molecule has 0 heterocycles. The van der Waals surface area contributed by atoms with Crippen molar-refractivity contribution in [3.8, 4) is 0 Å². The molecule has 0 unspecified atom stereocenters. The number of rotatable bonds is 10. The van der Waals surface area contributed by atoms with Crippen LogP contribution in [0.1, 0.15) is 19.8 Å². The van der Waals surface area contributed by atoms with Crippen LogP contribution in [0, 0.1) is 0 Å². The molecule has 20 heavy (non-hydrogen) atoms. The van der Waals surface area contributed by atoms with Gasteiger partial charge in [-0.1, -0.05) is 19.9 Å². The maximum atomic E-state index is 11.6. The molecule has 0 aromatic heterocycles. The van der Waals surface area contributed by atoms with E-state index in [4.69, 9.17) is 5.11 Å². The van der Waals surface area contributed by atoms with Crippen LogP contribution in [0.4, 0.5) is 0 Å². The monoisotopic (exact) mass is 291 g/mol. The first-order chi connectivity index (χ1) is 9.38. The van der Waals surface area contributed by atoms with Gasteiger partial charge in [0.05, 0.1) is 6.61 Å². The third-order valence-electron chi connectivity index (χ3n) is 3.00. The smallest absolute Gasteiger partial charge is 0.246 e. The van der Waals surface area contributed by atoms with E-state index in [-0.39, 0.29) is 12.5 Å². The minimum absolute atomic E-state index is 0.193. The van der Waals surface area contributed by atoms with Crippen molar-refractivity contribution < 1.29 is 30.3 Å². The van der Waals surface area contributed by atoms with E-state index in [2.05, 4.69) is 6.58 Å². The molecule has 0 fully saturated rings. The molecule has 118 valence electrons. The lowest BCUT2D eigenvalue weighted by Gasteiger charge is -2.30. The first-order valence-corrected chi connectivity index (χ1v) is 6.63. The van der Waals surface area contributed by atoms with Gasteiger partial charge in [0.2, 0.25) is 5.91 Å². The zero-order chi connectivity index (χ0) is 15.7. The molecule has 0 aromatic rings. The van der Waals surface area contributed by atoms with Gasteiger partial charge in [-0.25, -0.2) is 0 Å². The van der Waals surface area contributed by atoms with Gasteiger partial charge in [-0.15, -0.1) is 0 Å². The summed E-state index contributed by atoms with van der Waals surface area (Å²) in [5.41, 5.74) is 0. The maximum absolute atomic E-state index is 11.6. The van der Waals surface area contributed by atoms with E-state index in [0.29, 0.717) is 6.54 Å². The average Bonchev–Trinajstić information content (AvgIpc) is 2.47. The third kappa shape index (κ3) is 5.98. The Hall–Kier alpha value is -0.990. The fraction of sp³-hybridized carbons (Fsp3) is 0.769. The molecular formula is C13H25NO6. The summed E-state index contributed by atoms with van der Waals surface area (Å²) >= 11 is 0. The van der Waals surface area contributed by atoms with Crippen LogP contribution in [-0.4, -0.2) is 80.5 Å². The molecule has 5 N–H and O–H groups in total. The van der Waals surface area contributed by atoms with Crippen molar-refractivity contribution >= 4 is 5.91 Å². The first-order valence-electron chi connectivity index (χ1n) is 6.63. The predicted molar refractivity (Wildman–Crippen MR) is 72.8 cm³/mol. The van der Waals surface area contributed by atoms with Crippen LogP contribution in [0.5, 0.6) is 0 Å². The normalized spacial score (nSPS) is 17.1. The lowest BCUT2D eigenvalue weighted by molar-refractivity contribution is -0.135. The summed E-state index contributed by atoms with van der Waals surface area (Å²) in [6.07, 6.45) is -3.67. The SMILES string of the molecule is C=CC(=O)N(CCCC)C[C@H](O)[C@@H](O)[C@@H](O)[C@H](O)CO. The number of carbonyl (C=O) groups is 1. The van der Waals surface area contributed by atoms with Crippen molar-refractivity contribution in [2.24, 2.45) is 0 Å². The summed E-state index contributed by atoms with van der Waals surface area (Å²) < 4.78 is 0. The molecule has 0 spiro atoms. The number of aliphatic hydroxyl groups is 5. The second-order valence-corrected chi connectivity index (χ2v) is 4.64. The molecule has 0 aliphatic rings. The van der Waals surface area contributed by atoms with Crippen molar-refractivity contribution in [3.05, 3.63) is 12.7 Å². The Morgan fingerprint density at radius 2 is 1.75 bits per heavy atom. The Kier molecular flexibility index (Phi) is 9.35. The van der Waals surface area contributed by atoms with Crippen molar-refractivity contribution in [2.45, 2.75) is 44.2 Å². The molecule has 0 saturated heterocycles. The highest BCUT2D eigenvalue weighted by molar-refractivity contribution is 5.87. The Labute approximate surface area is 118 Å². The number of amides is 1. The van der Waals surface area contributed by atoms with E-state index < -0.39 is 31.0 Å². The van der Waals surface area contributed by atoms with Gasteiger partial charge >= 0.3 is 0 Å². The minimum Gasteiger partial charge on any atom is -0.394 e. The van der Waals surface area contributed by atoms with Crippen LogP contribution in [0.25, 0.3) is 0 Å². The van der Waals surface area contributed by atoms with Gasteiger partial charge in [0, 0.05) is 13.1 Å². The van der Waals surface area contributed by atoms with Crippen LogP contribution in [0.3, 0.4) is 0 Å². The van der Waals surface area contributed by atoms with Crippen molar-refractivity contribution in [1.82, 2.24) is 4.90 Å². The Balaban J connectivity index is 4.60. The molecule has 0 aliphatic heterocycles. The quantitative estimate of drug-likeness (QED) is 0.304. The number of unbranched alkanes of at least 4 members (excludes halogenated alkanes) is 1. The lowest BCUT2D eigenvalue weighted by Crippen LogP contribution is -2.50. The molecule has 0 aliphatic carbocycles. The van der Waals surface area contributed by atoms with Gasteiger partial charge in [-0.05, 0) is 12.5 Å². The zero-order valence-corrected chi connectivity index (χ0v) is 11.7. The first kappa shape index (κ1) is 19.0. The number of hydrogen-bond donors (Lipinski definition) is 5. The topological polar surface area (TPSA) is 121 Å². The summed E-state index contributed by atoms with van der Waals surface area (Å²) in [5.74, 6) is -0.387. The highest BCUT2D eigenvalue weighted by atomic mass is 16.4. The minimum atomic E-state index is -1.69. The molecule has 0 radical (unpaired) electrons. The predicted octanol–water partition coefficient (Wildman–Crippen LogP) is -1.76. The molecule has 7 heteroatoms. The van der Waals surface area contributed by atoms with Crippen molar-refractivity contribution in [1.29, 1.82) is 0 Å². The lowest BCUT2D eigenvalue weighted by atomic mass is 10.0. The van der Waals surface area contributed by atoms with Gasteiger partial charge in [0.25, 0.3) is 0 Å². The van der Waals surface area contributed by atoms with Crippen LogP contribution in [-0.2, 0) is 4.79 Å². The molecular weight excluding hydrogens is 266 g/mol. The number of hydrogen-bond acceptors (Lipinski definition) is 6.